The Labute approximate surface area is 96.0 Å². The van der Waals surface area contributed by atoms with Crippen molar-refractivity contribution < 1.29 is 4.79 Å². The van der Waals surface area contributed by atoms with Gasteiger partial charge in [0, 0.05) is 17.3 Å². The lowest BCUT2D eigenvalue weighted by Crippen LogP contribution is -2.32. The van der Waals surface area contributed by atoms with Crippen LogP contribution in [0.4, 0.5) is 0 Å². The molecule has 14 heavy (non-hydrogen) atoms. The van der Waals surface area contributed by atoms with E-state index < -0.39 is 0 Å². The largest absolute Gasteiger partial charge is 0.356 e. The van der Waals surface area contributed by atoms with Crippen LogP contribution >= 0.6 is 15.9 Å². The van der Waals surface area contributed by atoms with Crippen LogP contribution in [-0.2, 0) is 4.79 Å². The van der Waals surface area contributed by atoms with Crippen LogP contribution < -0.4 is 5.32 Å². The first-order valence-electron chi connectivity index (χ1n) is 5.37. The third-order valence-electron chi connectivity index (χ3n) is 2.49. The van der Waals surface area contributed by atoms with Gasteiger partial charge in [-0.2, -0.15) is 0 Å². The summed E-state index contributed by atoms with van der Waals surface area (Å²) < 4.78 is 0. The van der Waals surface area contributed by atoms with E-state index in [1.165, 1.54) is 0 Å². The van der Waals surface area contributed by atoms with Gasteiger partial charge in [-0.05, 0) is 18.8 Å². The van der Waals surface area contributed by atoms with Crippen molar-refractivity contribution in [3.05, 3.63) is 0 Å². The molecule has 0 aliphatic rings. The van der Waals surface area contributed by atoms with Crippen molar-refractivity contribution in [3.8, 4) is 0 Å². The summed E-state index contributed by atoms with van der Waals surface area (Å²) in [5, 5.41) is 2.96. The average molecular weight is 264 g/mol. The van der Waals surface area contributed by atoms with Gasteiger partial charge in [0.25, 0.3) is 0 Å². The van der Waals surface area contributed by atoms with E-state index in [4.69, 9.17) is 0 Å². The monoisotopic (exact) mass is 263 g/mol. The van der Waals surface area contributed by atoms with Crippen molar-refractivity contribution in [3.63, 3.8) is 0 Å². The van der Waals surface area contributed by atoms with E-state index in [2.05, 4.69) is 42.0 Å². The number of amides is 1. The fraction of sp³-hybridized carbons (Fsp3) is 0.909. The molecular weight excluding hydrogens is 242 g/mol. The number of rotatable bonds is 6. The molecule has 0 radical (unpaired) electrons. The van der Waals surface area contributed by atoms with Gasteiger partial charge in [0.1, 0.15) is 0 Å². The zero-order valence-corrected chi connectivity index (χ0v) is 11.2. The first-order chi connectivity index (χ1) is 6.45. The first kappa shape index (κ1) is 13.9. The van der Waals surface area contributed by atoms with Crippen molar-refractivity contribution >= 4 is 21.8 Å². The van der Waals surface area contributed by atoms with Crippen LogP contribution in [0, 0.1) is 11.8 Å². The third-order valence-corrected chi connectivity index (χ3v) is 2.95. The molecule has 84 valence electrons. The van der Waals surface area contributed by atoms with Crippen molar-refractivity contribution in [2.75, 3.05) is 6.54 Å². The van der Waals surface area contributed by atoms with Gasteiger partial charge in [0.05, 0.1) is 0 Å². The third kappa shape index (κ3) is 6.41. The second-order valence-electron chi connectivity index (χ2n) is 4.25. The van der Waals surface area contributed by atoms with E-state index in [-0.39, 0.29) is 11.8 Å². The van der Waals surface area contributed by atoms with Gasteiger partial charge in [-0.25, -0.2) is 0 Å². The Morgan fingerprint density at radius 1 is 1.29 bits per heavy atom. The maximum absolute atomic E-state index is 11.5. The molecule has 0 aromatic heterocycles. The van der Waals surface area contributed by atoms with E-state index in [1.807, 2.05) is 6.92 Å². The van der Waals surface area contributed by atoms with Crippen LogP contribution in [0.1, 0.15) is 40.5 Å². The van der Waals surface area contributed by atoms with Crippen LogP contribution in [0.2, 0.25) is 0 Å². The Hall–Kier alpha value is -0.0500. The Kier molecular flexibility index (Phi) is 7.24. The molecule has 0 spiro atoms. The second-order valence-corrected chi connectivity index (χ2v) is 5.81. The minimum atomic E-state index is 0.122. The van der Waals surface area contributed by atoms with Crippen LogP contribution in [0.25, 0.3) is 0 Å². The predicted octanol–water partition coefficient (Wildman–Crippen LogP) is 2.96. The quantitative estimate of drug-likeness (QED) is 0.580. The molecule has 0 heterocycles. The standard InChI is InChI=1S/C11H22BrNO/c1-8(2)10(4)11(14)13-7-5-6-9(3)12/h8-10H,5-7H2,1-4H3,(H,13,14). The summed E-state index contributed by atoms with van der Waals surface area (Å²) >= 11 is 3.48. The molecule has 0 saturated heterocycles. The normalized spacial score (nSPS) is 15.3. The number of alkyl halides is 1. The predicted molar refractivity (Wildman–Crippen MR) is 64.6 cm³/mol. The molecule has 0 rings (SSSR count). The number of nitrogens with one attached hydrogen (secondary N) is 1. The second kappa shape index (κ2) is 7.27. The van der Waals surface area contributed by atoms with Crippen molar-refractivity contribution in [2.45, 2.75) is 45.4 Å². The van der Waals surface area contributed by atoms with Gasteiger partial charge in [-0.1, -0.05) is 43.6 Å². The van der Waals surface area contributed by atoms with E-state index in [9.17, 15) is 4.79 Å². The fourth-order valence-electron chi connectivity index (χ4n) is 1.06. The Bertz CT molecular complexity index is 169. The van der Waals surface area contributed by atoms with Gasteiger partial charge in [0.2, 0.25) is 5.91 Å². The summed E-state index contributed by atoms with van der Waals surface area (Å²) in [6.07, 6.45) is 2.15. The van der Waals surface area contributed by atoms with Crippen LogP contribution in [-0.4, -0.2) is 17.3 Å². The van der Waals surface area contributed by atoms with Crippen LogP contribution in [0.15, 0.2) is 0 Å². The summed E-state index contributed by atoms with van der Waals surface area (Å²) in [5.74, 6) is 0.726. The summed E-state index contributed by atoms with van der Waals surface area (Å²) in [6.45, 7) is 9.05. The molecule has 1 amide bonds. The highest BCUT2D eigenvalue weighted by Gasteiger charge is 2.15. The number of carbonyl (C=O) groups excluding carboxylic acids is 1. The lowest BCUT2D eigenvalue weighted by molar-refractivity contribution is -0.125. The highest BCUT2D eigenvalue weighted by molar-refractivity contribution is 9.09. The molecule has 0 saturated carbocycles. The number of halogens is 1. The SMILES string of the molecule is CC(Br)CCCNC(=O)C(C)C(C)C. The number of carbonyl (C=O) groups is 1. The Balaban J connectivity index is 3.54. The lowest BCUT2D eigenvalue weighted by atomic mass is 9.97. The summed E-state index contributed by atoms with van der Waals surface area (Å²) in [7, 11) is 0. The maximum atomic E-state index is 11.5. The smallest absolute Gasteiger partial charge is 0.223 e. The average Bonchev–Trinajstić information content (AvgIpc) is 2.10. The molecule has 3 heteroatoms. The molecule has 2 nitrogen and oxygen atoms in total. The Morgan fingerprint density at radius 3 is 2.29 bits per heavy atom. The van der Waals surface area contributed by atoms with Gasteiger partial charge in [-0.15, -0.1) is 0 Å². The molecule has 2 atom stereocenters. The van der Waals surface area contributed by atoms with Gasteiger partial charge < -0.3 is 5.32 Å². The van der Waals surface area contributed by atoms with E-state index >= 15 is 0 Å². The molecule has 0 fully saturated rings. The van der Waals surface area contributed by atoms with Crippen molar-refractivity contribution in [2.24, 2.45) is 11.8 Å². The van der Waals surface area contributed by atoms with E-state index in [1.54, 1.807) is 0 Å². The van der Waals surface area contributed by atoms with Crippen molar-refractivity contribution in [1.29, 1.82) is 0 Å². The molecule has 0 aliphatic carbocycles. The summed E-state index contributed by atoms with van der Waals surface area (Å²) in [6, 6.07) is 0. The fourth-order valence-corrected chi connectivity index (χ4v) is 1.38. The van der Waals surface area contributed by atoms with E-state index in [0.29, 0.717) is 10.7 Å². The first-order valence-corrected chi connectivity index (χ1v) is 6.28. The van der Waals surface area contributed by atoms with E-state index in [0.717, 1.165) is 19.4 Å². The molecule has 0 bridgehead atoms. The summed E-state index contributed by atoms with van der Waals surface area (Å²) in [5.41, 5.74) is 0. The van der Waals surface area contributed by atoms with Gasteiger partial charge >= 0.3 is 0 Å². The number of hydrogen-bond acceptors (Lipinski definition) is 1. The lowest BCUT2D eigenvalue weighted by Gasteiger charge is -2.15. The molecule has 1 N–H and O–H groups in total. The highest BCUT2D eigenvalue weighted by Crippen LogP contribution is 2.09. The topological polar surface area (TPSA) is 29.1 Å². The van der Waals surface area contributed by atoms with Crippen LogP contribution in [0.5, 0.6) is 0 Å². The zero-order chi connectivity index (χ0) is 11.1. The minimum Gasteiger partial charge on any atom is -0.356 e. The Morgan fingerprint density at radius 2 is 1.86 bits per heavy atom. The van der Waals surface area contributed by atoms with Gasteiger partial charge in [-0.3, -0.25) is 4.79 Å². The highest BCUT2D eigenvalue weighted by atomic mass is 79.9. The molecule has 0 aliphatic heterocycles. The number of hydrogen-bond donors (Lipinski definition) is 1. The maximum Gasteiger partial charge on any atom is 0.223 e. The minimum absolute atomic E-state index is 0.122. The molecular formula is C11H22BrNO. The van der Waals surface area contributed by atoms with Crippen molar-refractivity contribution in [1.82, 2.24) is 5.32 Å². The zero-order valence-electron chi connectivity index (χ0n) is 9.64. The molecule has 0 aromatic carbocycles. The summed E-state index contributed by atoms with van der Waals surface area (Å²) in [4.78, 5) is 12.0. The molecule has 2 unspecified atom stereocenters. The van der Waals surface area contributed by atoms with Gasteiger partial charge in [0.15, 0.2) is 0 Å². The van der Waals surface area contributed by atoms with Crippen LogP contribution in [0.3, 0.4) is 0 Å². The molecule has 0 aromatic rings.